The van der Waals surface area contributed by atoms with Crippen molar-refractivity contribution >= 4 is 78.6 Å². The molecular weight excluding hydrogens is 773 g/mol. The first-order valence-corrected chi connectivity index (χ1v) is 22.3. The van der Waals surface area contributed by atoms with Crippen LogP contribution in [-0.2, 0) is 12.8 Å². The fourth-order valence-electron chi connectivity index (χ4n) is 9.17. The SMILES string of the molecule is C=Cc1ccc(N(c2ccc(-c3ccc4c5ccc(-c6ccc(N(c7ccc(C=C)cc7)c7cccc(CC)c7)cc6)cc5c5ccccc5c4c3)cc2)c2cccc(CC)c2)cc1. The third kappa shape index (κ3) is 7.65. The Morgan fingerprint density at radius 3 is 1.02 bits per heavy atom. The Morgan fingerprint density at radius 1 is 0.312 bits per heavy atom. The lowest BCUT2D eigenvalue weighted by Crippen LogP contribution is -2.10. The molecule has 0 aliphatic carbocycles. The van der Waals surface area contributed by atoms with Crippen LogP contribution in [0.5, 0.6) is 0 Å². The highest BCUT2D eigenvalue weighted by molar-refractivity contribution is 6.26. The number of hydrogen-bond donors (Lipinski definition) is 0. The Bertz CT molecular complexity index is 3060. The number of anilines is 6. The van der Waals surface area contributed by atoms with Gasteiger partial charge in [-0.15, -0.1) is 0 Å². The molecule has 0 radical (unpaired) electrons. The molecule has 0 aromatic heterocycles. The first-order chi connectivity index (χ1) is 31.5. The van der Waals surface area contributed by atoms with Crippen molar-refractivity contribution in [1.29, 1.82) is 0 Å². The molecule has 10 aromatic rings. The van der Waals surface area contributed by atoms with E-state index < -0.39 is 0 Å². The van der Waals surface area contributed by atoms with E-state index in [1.54, 1.807) is 0 Å². The molecule has 0 heterocycles. The van der Waals surface area contributed by atoms with Gasteiger partial charge in [0.1, 0.15) is 0 Å². The van der Waals surface area contributed by atoms with Gasteiger partial charge in [0, 0.05) is 34.1 Å². The fourth-order valence-corrected chi connectivity index (χ4v) is 9.17. The molecule has 10 aromatic carbocycles. The van der Waals surface area contributed by atoms with Crippen LogP contribution in [0.3, 0.4) is 0 Å². The number of benzene rings is 10. The molecule has 0 atom stereocenters. The number of nitrogens with zero attached hydrogens (tertiary/aromatic N) is 2. The van der Waals surface area contributed by atoms with Gasteiger partial charge in [-0.1, -0.05) is 160 Å². The zero-order valence-electron chi connectivity index (χ0n) is 36.5. The van der Waals surface area contributed by atoms with Crippen LogP contribution < -0.4 is 9.80 Å². The van der Waals surface area contributed by atoms with Crippen LogP contribution in [0.1, 0.15) is 36.1 Å². The van der Waals surface area contributed by atoms with E-state index in [1.165, 1.54) is 65.7 Å². The molecule has 308 valence electrons. The van der Waals surface area contributed by atoms with E-state index in [1.807, 2.05) is 12.2 Å². The van der Waals surface area contributed by atoms with E-state index >= 15 is 0 Å². The summed E-state index contributed by atoms with van der Waals surface area (Å²) in [5, 5.41) is 7.55. The smallest absolute Gasteiger partial charge is 0.0464 e. The zero-order chi connectivity index (χ0) is 43.6. The van der Waals surface area contributed by atoms with Gasteiger partial charge in [-0.2, -0.15) is 0 Å². The summed E-state index contributed by atoms with van der Waals surface area (Å²) in [4.78, 5) is 4.67. The highest BCUT2D eigenvalue weighted by Crippen LogP contribution is 2.42. The molecule has 0 N–H and O–H groups in total. The minimum absolute atomic E-state index is 0.985. The molecule has 0 saturated heterocycles. The van der Waals surface area contributed by atoms with Crippen molar-refractivity contribution in [2.45, 2.75) is 26.7 Å². The average Bonchev–Trinajstić information content (AvgIpc) is 3.37. The Labute approximate surface area is 377 Å². The molecule has 64 heavy (non-hydrogen) atoms. The molecule has 0 amide bonds. The standard InChI is InChI=1S/C62H50N2/c1-5-43-19-29-51(30-20-43)63(55-15-11-13-45(7-3)39-55)53-33-23-47(24-34-53)49-27-37-59-60-38-28-50(42-62(60)58-18-10-9-17-57(58)61(59)41-49)48-25-35-54(36-26-48)64(52-31-21-44(6-2)22-32-52)56-16-12-14-46(8-4)40-56/h5-6,9-42H,1-2,7-8H2,3-4H3. The van der Waals surface area contributed by atoms with Crippen LogP contribution in [0.4, 0.5) is 34.1 Å². The molecule has 2 nitrogen and oxygen atoms in total. The number of hydrogen-bond acceptors (Lipinski definition) is 2. The van der Waals surface area contributed by atoms with Gasteiger partial charge in [0.15, 0.2) is 0 Å². The minimum atomic E-state index is 0.985. The highest BCUT2D eigenvalue weighted by Gasteiger charge is 2.17. The van der Waals surface area contributed by atoms with Crippen molar-refractivity contribution in [2.75, 3.05) is 9.80 Å². The molecule has 0 aliphatic heterocycles. The number of rotatable bonds is 12. The molecule has 0 aliphatic rings. The molecule has 0 fully saturated rings. The Balaban J connectivity index is 0.999. The number of aryl methyl sites for hydroxylation is 2. The fraction of sp³-hybridized carbons (Fsp3) is 0.0645. The maximum atomic E-state index is 3.96. The number of fused-ring (bicyclic) bond motifs is 6. The minimum Gasteiger partial charge on any atom is -0.310 e. The molecule has 2 heteroatoms. The summed E-state index contributed by atoms with van der Waals surface area (Å²) in [6.07, 6.45) is 5.75. The van der Waals surface area contributed by atoms with E-state index in [-0.39, 0.29) is 0 Å². The average molecular weight is 823 g/mol. The summed E-state index contributed by atoms with van der Waals surface area (Å²) < 4.78 is 0. The quantitative estimate of drug-likeness (QED) is 0.113. The second kappa shape index (κ2) is 17.4. The first kappa shape index (κ1) is 40.2. The van der Waals surface area contributed by atoms with Gasteiger partial charge in [-0.25, -0.2) is 0 Å². The topological polar surface area (TPSA) is 6.48 Å². The summed E-state index contributed by atoms with van der Waals surface area (Å²) in [5.41, 5.74) is 16.3. The van der Waals surface area contributed by atoms with Crippen molar-refractivity contribution in [3.05, 3.63) is 242 Å². The van der Waals surface area contributed by atoms with E-state index in [4.69, 9.17) is 0 Å². The predicted octanol–water partition coefficient (Wildman–Crippen LogP) is 17.8. The van der Waals surface area contributed by atoms with E-state index in [9.17, 15) is 0 Å². The summed E-state index contributed by atoms with van der Waals surface area (Å²) in [6.45, 7) is 12.3. The summed E-state index contributed by atoms with van der Waals surface area (Å²) >= 11 is 0. The van der Waals surface area contributed by atoms with E-state index in [0.29, 0.717) is 0 Å². The lowest BCUT2D eigenvalue weighted by Gasteiger charge is -2.26. The van der Waals surface area contributed by atoms with Crippen molar-refractivity contribution in [3.63, 3.8) is 0 Å². The molecule has 0 saturated carbocycles. The third-order valence-corrected chi connectivity index (χ3v) is 12.7. The van der Waals surface area contributed by atoms with Crippen LogP contribution in [-0.4, -0.2) is 0 Å². The Kier molecular flexibility index (Phi) is 10.9. The van der Waals surface area contributed by atoms with Gasteiger partial charge in [-0.05, 0) is 175 Å². The highest BCUT2D eigenvalue weighted by atomic mass is 15.1. The van der Waals surface area contributed by atoms with Gasteiger partial charge >= 0.3 is 0 Å². The van der Waals surface area contributed by atoms with Crippen LogP contribution in [0.15, 0.2) is 219 Å². The van der Waals surface area contributed by atoms with Gasteiger partial charge in [0.25, 0.3) is 0 Å². The van der Waals surface area contributed by atoms with Gasteiger partial charge in [-0.3, -0.25) is 0 Å². The zero-order valence-corrected chi connectivity index (χ0v) is 36.5. The molecule has 0 unspecified atom stereocenters. The normalized spacial score (nSPS) is 11.2. The van der Waals surface area contributed by atoms with Crippen molar-refractivity contribution < 1.29 is 0 Å². The summed E-state index contributed by atoms with van der Waals surface area (Å²) in [5.74, 6) is 0. The maximum Gasteiger partial charge on any atom is 0.0464 e. The van der Waals surface area contributed by atoms with Crippen LogP contribution >= 0.6 is 0 Å². The summed E-state index contributed by atoms with van der Waals surface area (Å²) in [6, 6.07) is 75.7. The first-order valence-electron chi connectivity index (χ1n) is 22.3. The third-order valence-electron chi connectivity index (χ3n) is 12.7. The predicted molar refractivity (Wildman–Crippen MR) is 278 cm³/mol. The molecule has 10 rings (SSSR count). The maximum absolute atomic E-state index is 3.96. The van der Waals surface area contributed by atoms with Gasteiger partial charge < -0.3 is 9.80 Å². The lowest BCUT2D eigenvalue weighted by molar-refractivity contribution is 1.13. The molecular formula is C62H50N2. The van der Waals surface area contributed by atoms with E-state index in [0.717, 1.165) is 58.1 Å². The van der Waals surface area contributed by atoms with Crippen LogP contribution in [0.2, 0.25) is 0 Å². The summed E-state index contributed by atoms with van der Waals surface area (Å²) in [7, 11) is 0. The van der Waals surface area contributed by atoms with Gasteiger partial charge in [0.2, 0.25) is 0 Å². The molecule has 0 bridgehead atoms. The van der Waals surface area contributed by atoms with Crippen LogP contribution in [0, 0.1) is 0 Å². The van der Waals surface area contributed by atoms with Gasteiger partial charge in [0.05, 0.1) is 0 Å². The molecule has 0 spiro atoms. The largest absolute Gasteiger partial charge is 0.310 e. The Hall–Kier alpha value is -7.94. The van der Waals surface area contributed by atoms with Crippen LogP contribution in [0.25, 0.3) is 66.7 Å². The van der Waals surface area contributed by atoms with E-state index in [2.05, 4.69) is 243 Å². The van der Waals surface area contributed by atoms with Crippen molar-refractivity contribution in [3.8, 4) is 22.3 Å². The Morgan fingerprint density at radius 2 is 0.656 bits per heavy atom. The van der Waals surface area contributed by atoms with Crippen molar-refractivity contribution in [2.24, 2.45) is 0 Å². The lowest BCUT2D eigenvalue weighted by atomic mass is 9.90. The monoisotopic (exact) mass is 822 g/mol. The van der Waals surface area contributed by atoms with Crippen molar-refractivity contribution in [1.82, 2.24) is 0 Å². The second-order valence-corrected chi connectivity index (χ2v) is 16.5. The second-order valence-electron chi connectivity index (χ2n) is 16.5.